The maximum absolute atomic E-state index is 13.6. The van der Waals surface area contributed by atoms with E-state index in [1.807, 2.05) is 13.0 Å². The zero-order chi connectivity index (χ0) is 22.8. The normalized spacial score (nSPS) is 42.5. The molecule has 0 aromatic rings. The summed E-state index contributed by atoms with van der Waals surface area (Å²) in [5.41, 5.74) is 0.556. The van der Waals surface area contributed by atoms with Crippen LogP contribution < -0.4 is 0 Å². The number of fused-ring (bicyclic) bond motifs is 5. The number of esters is 1. The molecule has 2 heterocycles. The fraction of sp³-hybridized carbons (Fsp3) is 0.680. The second-order valence-electron chi connectivity index (χ2n) is 10.5. The lowest BCUT2D eigenvalue weighted by Crippen LogP contribution is -2.57. The van der Waals surface area contributed by atoms with Gasteiger partial charge in [-0.05, 0) is 31.1 Å². The molecule has 0 N–H and O–H groups in total. The second kappa shape index (κ2) is 7.65. The topological polar surface area (TPSA) is 90.0 Å². The summed E-state index contributed by atoms with van der Waals surface area (Å²) in [6, 6.07) is 0. The number of rotatable bonds is 3. The first kappa shape index (κ1) is 21.6. The highest BCUT2D eigenvalue weighted by Crippen LogP contribution is 2.57. The molecule has 3 aliphatic carbocycles. The van der Waals surface area contributed by atoms with Crippen LogP contribution in [0.1, 0.15) is 39.5 Å². The van der Waals surface area contributed by atoms with E-state index >= 15 is 0 Å². The first-order chi connectivity index (χ1) is 15.3. The van der Waals surface area contributed by atoms with Gasteiger partial charge in [0, 0.05) is 44.2 Å². The van der Waals surface area contributed by atoms with E-state index in [0.717, 1.165) is 25.1 Å². The Labute approximate surface area is 188 Å². The molecule has 2 saturated carbocycles. The number of ketones is 3. The first-order valence-electron chi connectivity index (χ1n) is 11.7. The summed E-state index contributed by atoms with van der Waals surface area (Å²) in [4.78, 5) is 54.7. The number of Topliss-reactive ketones (excluding diaryl/α,β-unsaturated/α-hetero) is 3. The number of nitrogens with zero attached hydrogens (tertiary/aromatic N) is 1. The Kier molecular flexibility index (Phi) is 5.15. The molecule has 172 valence electrons. The second-order valence-corrected chi connectivity index (χ2v) is 10.5. The summed E-state index contributed by atoms with van der Waals surface area (Å²) in [5.74, 6) is -2.85. The van der Waals surface area contributed by atoms with E-state index in [-0.39, 0.29) is 23.9 Å². The average molecular weight is 442 g/mol. The summed E-state index contributed by atoms with van der Waals surface area (Å²) in [7, 11) is 1.54. The molecule has 0 spiro atoms. The van der Waals surface area contributed by atoms with Crippen molar-refractivity contribution in [2.24, 2.45) is 35.0 Å². The van der Waals surface area contributed by atoms with Crippen LogP contribution in [0.25, 0.3) is 0 Å². The molecule has 0 aromatic carbocycles. The fourth-order valence-electron chi connectivity index (χ4n) is 6.81. The largest absolute Gasteiger partial charge is 0.456 e. The molecule has 7 nitrogen and oxygen atoms in total. The third kappa shape index (κ3) is 3.04. The van der Waals surface area contributed by atoms with Crippen LogP contribution >= 0.6 is 0 Å². The standard InChI is InChI=1S/C25H31NO6/c1-13-7-9-26(10-13)11-15-21-20(17(12-31-3)32-24(15)30)14-6-8-25(2)16(4-5-18(25)27)19(14)22(28)23(21)29/h6,11,13,16-17,19-21H,4-5,7-10,12H2,1-3H3/b15-11-/t13?,16?,17-,19?,20?,21?,25+/m1/s1. The van der Waals surface area contributed by atoms with Crippen molar-refractivity contribution in [3.8, 4) is 0 Å². The monoisotopic (exact) mass is 441 g/mol. The Hall–Kier alpha value is -2.28. The Balaban J connectivity index is 1.59. The van der Waals surface area contributed by atoms with Gasteiger partial charge >= 0.3 is 5.97 Å². The Morgan fingerprint density at radius 2 is 1.94 bits per heavy atom. The minimum atomic E-state index is -0.844. The van der Waals surface area contributed by atoms with E-state index in [9.17, 15) is 19.2 Å². The number of methoxy groups -OCH3 is 1. The zero-order valence-corrected chi connectivity index (χ0v) is 19.0. The zero-order valence-electron chi connectivity index (χ0n) is 19.0. The number of likely N-dealkylation sites (tertiary alicyclic amines) is 1. The number of cyclic esters (lactones) is 1. The molecule has 2 aliphatic heterocycles. The van der Waals surface area contributed by atoms with Crippen LogP contribution in [-0.4, -0.2) is 61.1 Å². The number of carbonyl (C=O) groups excluding carboxylic acids is 4. The van der Waals surface area contributed by atoms with Gasteiger partial charge in [-0.25, -0.2) is 4.79 Å². The van der Waals surface area contributed by atoms with Gasteiger partial charge in [0.2, 0.25) is 11.6 Å². The Morgan fingerprint density at radius 3 is 2.62 bits per heavy atom. The lowest BCUT2D eigenvalue weighted by molar-refractivity contribution is -0.164. The number of hydrogen-bond donors (Lipinski definition) is 0. The molecule has 0 bridgehead atoms. The van der Waals surface area contributed by atoms with E-state index in [1.165, 1.54) is 7.11 Å². The summed E-state index contributed by atoms with van der Waals surface area (Å²) in [6.45, 7) is 5.87. The van der Waals surface area contributed by atoms with Crippen LogP contribution in [0.15, 0.2) is 23.4 Å². The van der Waals surface area contributed by atoms with Crippen molar-refractivity contribution in [3.05, 3.63) is 23.4 Å². The summed E-state index contributed by atoms with van der Waals surface area (Å²) in [6.07, 6.45) is 5.77. The highest BCUT2D eigenvalue weighted by molar-refractivity contribution is 6.42. The molecule has 2 saturated heterocycles. The van der Waals surface area contributed by atoms with Crippen LogP contribution in [0.3, 0.4) is 0 Å². The SMILES string of the molecule is COC[C@H]1OC(=O)/C(=C\N2CCC(C)C2)C2C(=O)C(=O)C3C(=CC[C@]4(C)C(=O)CCC34)C21. The van der Waals surface area contributed by atoms with Gasteiger partial charge < -0.3 is 14.4 Å². The van der Waals surface area contributed by atoms with Crippen molar-refractivity contribution in [3.63, 3.8) is 0 Å². The van der Waals surface area contributed by atoms with Crippen LogP contribution in [0.4, 0.5) is 0 Å². The van der Waals surface area contributed by atoms with E-state index in [2.05, 4.69) is 11.8 Å². The van der Waals surface area contributed by atoms with Crippen LogP contribution in [0.5, 0.6) is 0 Å². The minimum Gasteiger partial charge on any atom is -0.456 e. The maximum atomic E-state index is 13.6. The van der Waals surface area contributed by atoms with E-state index in [0.29, 0.717) is 25.2 Å². The van der Waals surface area contributed by atoms with Crippen molar-refractivity contribution in [1.82, 2.24) is 4.90 Å². The molecule has 5 aliphatic rings. The Morgan fingerprint density at radius 1 is 1.19 bits per heavy atom. The van der Waals surface area contributed by atoms with Crippen molar-refractivity contribution in [2.75, 3.05) is 26.8 Å². The molecule has 4 fully saturated rings. The molecule has 5 unspecified atom stereocenters. The first-order valence-corrected chi connectivity index (χ1v) is 11.7. The summed E-state index contributed by atoms with van der Waals surface area (Å²) in [5, 5.41) is 0. The van der Waals surface area contributed by atoms with Crippen LogP contribution in [-0.2, 0) is 28.7 Å². The molecular formula is C25H31NO6. The molecule has 5 rings (SSSR count). The van der Waals surface area contributed by atoms with Crippen LogP contribution in [0.2, 0.25) is 0 Å². The van der Waals surface area contributed by atoms with Gasteiger partial charge in [0.25, 0.3) is 0 Å². The average Bonchev–Trinajstić information content (AvgIpc) is 3.30. The van der Waals surface area contributed by atoms with Gasteiger partial charge in [-0.1, -0.05) is 25.5 Å². The number of hydrogen-bond acceptors (Lipinski definition) is 7. The van der Waals surface area contributed by atoms with Gasteiger partial charge in [0.15, 0.2) is 0 Å². The highest BCUT2D eigenvalue weighted by Gasteiger charge is 2.62. The van der Waals surface area contributed by atoms with Gasteiger partial charge in [-0.3, -0.25) is 14.4 Å². The van der Waals surface area contributed by atoms with Crippen molar-refractivity contribution in [2.45, 2.75) is 45.6 Å². The van der Waals surface area contributed by atoms with Gasteiger partial charge in [-0.15, -0.1) is 0 Å². The third-order valence-electron chi connectivity index (χ3n) is 8.55. The number of ether oxygens (including phenoxy) is 2. The lowest BCUT2D eigenvalue weighted by atomic mass is 9.54. The third-order valence-corrected chi connectivity index (χ3v) is 8.55. The van der Waals surface area contributed by atoms with Crippen molar-refractivity contribution >= 4 is 23.3 Å². The molecule has 0 amide bonds. The molecule has 0 radical (unpaired) electrons. The van der Waals surface area contributed by atoms with Crippen LogP contribution in [0, 0.1) is 35.0 Å². The van der Waals surface area contributed by atoms with Gasteiger partial charge in [0.1, 0.15) is 11.9 Å². The van der Waals surface area contributed by atoms with Crippen molar-refractivity contribution in [1.29, 1.82) is 0 Å². The molecule has 7 heteroatoms. The lowest BCUT2D eigenvalue weighted by Gasteiger charge is -2.49. The minimum absolute atomic E-state index is 0.160. The quantitative estimate of drug-likeness (QED) is 0.287. The molecular weight excluding hydrogens is 410 g/mol. The number of allylic oxidation sites excluding steroid dienone is 1. The fourth-order valence-corrected chi connectivity index (χ4v) is 6.81. The van der Waals surface area contributed by atoms with Gasteiger partial charge in [0.05, 0.1) is 24.0 Å². The predicted molar refractivity (Wildman–Crippen MR) is 114 cm³/mol. The van der Waals surface area contributed by atoms with Crippen molar-refractivity contribution < 1.29 is 28.7 Å². The smallest absolute Gasteiger partial charge is 0.336 e. The maximum Gasteiger partial charge on any atom is 0.336 e. The summed E-state index contributed by atoms with van der Waals surface area (Å²) < 4.78 is 11.1. The predicted octanol–water partition coefficient (Wildman–Crippen LogP) is 2.10. The van der Waals surface area contributed by atoms with E-state index in [4.69, 9.17) is 9.47 Å². The molecule has 0 aromatic heterocycles. The van der Waals surface area contributed by atoms with Gasteiger partial charge in [-0.2, -0.15) is 0 Å². The van der Waals surface area contributed by atoms with E-state index < -0.39 is 46.8 Å². The molecule has 7 atom stereocenters. The highest BCUT2D eigenvalue weighted by atomic mass is 16.6. The number of carbonyl (C=O) groups is 4. The molecule has 32 heavy (non-hydrogen) atoms. The Bertz CT molecular complexity index is 950. The summed E-state index contributed by atoms with van der Waals surface area (Å²) >= 11 is 0. The van der Waals surface area contributed by atoms with E-state index in [1.54, 1.807) is 6.20 Å².